The molecule has 6 rings (SSSR count). The third-order valence-electron chi connectivity index (χ3n) is 6.95. The SMILES string of the molecule is O=C(Cc1ccc2ccccc2c1)N1CCC(Nc2cc(-c3ccccc3Cl)nc3c(Br)cnn23)CC1. The maximum absolute atomic E-state index is 13.0. The van der Waals surface area contributed by atoms with E-state index in [0.29, 0.717) is 11.4 Å². The van der Waals surface area contributed by atoms with Crippen molar-refractivity contribution in [3.8, 4) is 11.3 Å². The van der Waals surface area contributed by atoms with Gasteiger partial charge in [-0.1, -0.05) is 72.3 Å². The van der Waals surface area contributed by atoms with Crippen molar-refractivity contribution < 1.29 is 4.79 Å². The van der Waals surface area contributed by atoms with Crippen LogP contribution in [0.1, 0.15) is 18.4 Å². The Bertz CT molecular complexity index is 1610. The summed E-state index contributed by atoms with van der Waals surface area (Å²) in [7, 11) is 0. The molecule has 37 heavy (non-hydrogen) atoms. The van der Waals surface area contributed by atoms with Crippen LogP contribution in [0, 0.1) is 0 Å². The number of aromatic nitrogens is 3. The van der Waals surface area contributed by atoms with Gasteiger partial charge in [0, 0.05) is 35.8 Å². The van der Waals surface area contributed by atoms with E-state index in [-0.39, 0.29) is 11.9 Å². The molecule has 0 atom stereocenters. The number of rotatable bonds is 5. The summed E-state index contributed by atoms with van der Waals surface area (Å²) in [4.78, 5) is 19.8. The van der Waals surface area contributed by atoms with Crippen LogP contribution in [0.4, 0.5) is 5.82 Å². The van der Waals surface area contributed by atoms with E-state index in [1.165, 1.54) is 10.8 Å². The highest BCUT2D eigenvalue weighted by Crippen LogP contribution is 2.31. The molecule has 1 fully saturated rings. The molecule has 3 aromatic carbocycles. The Morgan fingerprint density at radius 1 is 1.00 bits per heavy atom. The number of anilines is 1. The molecule has 1 saturated heterocycles. The predicted molar refractivity (Wildman–Crippen MR) is 152 cm³/mol. The average molecular weight is 575 g/mol. The number of hydrogen-bond donors (Lipinski definition) is 1. The summed E-state index contributed by atoms with van der Waals surface area (Å²) in [5.74, 6) is 1.03. The third-order valence-corrected chi connectivity index (χ3v) is 7.84. The van der Waals surface area contributed by atoms with Crippen molar-refractivity contribution >= 4 is 55.7 Å². The predicted octanol–water partition coefficient (Wildman–Crippen LogP) is 6.61. The minimum Gasteiger partial charge on any atom is -0.367 e. The number of piperidine rings is 1. The zero-order chi connectivity index (χ0) is 25.4. The highest BCUT2D eigenvalue weighted by Gasteiger charge is 2.24. The molecule has 1 aliphatic rings. The van der Waals surface area contributed by atoms with E-state index in [4.69, 9.17) is 16.6 Å². The Morgan fingerprint density at radius 2 is 1.76 bits per heavy atom. The lowest BCUT2D eigenvalue weighted by Crippen LogP contribution is -2.43. The van der Waals surface area contributed by atoms with Gasteiger partial charge in [0.05, 0.1) is 22.8 Å². The van der Waals surface area contributed by atoms with Gasteiger partial charge < -0.3 is 10.2 Å². The maximum Gasteiger partial charge on any atom is 0.226 e. The van der Waals surface area contributed by atoms with E-state index in [2.05, 4.69) is 56.7 Å². The summed E-state index contributed by atoms with van der Waals surface area (Å²) in [5, 5.41) is 11.2. The molecule has 0 unspecified atom stereocenters. The van der Waals surface area contributed by atoms with Crippen LogP contribution < -0.4 is 5.32 Å². The van der Waals surface area contributed by atoms with Crippen molar-refractivity contribution in [3.63, 3.8) is 0 Å². The van der Waals surface area contributed by atoms with Crippen molar-refractivity contribution in [2.75, 3.05) is 18.4 Å². The van der Waals surface area contributed by atoms with Crippen molar-refractivity contribution in [2.45, 2.75) is 25.3 Å². The molecule has 2 aromatic heterocycles. The molecular weight excluding hydrogens is 550 g/mol. The van der Waals surface area contributed by atoms with Crippen LogP contribution in [0.2, 0.25) is 5.02 Å². The molecule has 0 saturated carbocycles. The van der Waals surface area contributed by atoms with E-state index in [9.17, 15) is 4.79 Å². The molecule has 1 N–H and O–H groups in total. The largest absolute Gasteiger partial charge is 0.367 e. The van der Waals surface area contributed by atoms with Crippen LogP contribution in [0.5, 0.6) is 0 Å². The Kier molecular flexibility index (Phi) is 6.57. The number of likely N-dealkylation sites (tertiary alicyclic amines) is 1. The first-order valence-electron chi connectivity index (χ1n) is 12.4. The van der Waals surface area contributed by atoms with Gasteiger partial charge in [0.1, 0.15) is 5.82 Å². The molecule has 186 valence electrons. The Balaban J connectivity index is 1.15. The molecule has 5 aromatic rings. The van der Waals surface area contributed by atoms with Crippen LogP contribution in [0.15, 0.2) is 83.5 Å². The van der Waals surface area contributed by atoms with Crippen molar-refractivity contribution in [3.05, 3.63) is 94.1 Å². The number of fused-ring (bicyclic) bond motifs is 2. The van der Waals surface area contributed by atoms with Gasteiger partial charge in [0.15, 0.2) is 5.65 Å². The molecular formula is C29H25BrClN5O. The number of nitrogens with zero attached hydrogens (tertiary/aromatic N) is 4. The zero-order valence-corrected chi connectivity index (χ0v) is 22.4. The minimum atomic E-state index is 0.178. The number of hydrogen-bond acceptors (Lipinski definition) is 4. The standard InChI is InChI=1S/C29H25BrClN5O/c30-24-18-32-36-27(17-26(34-29(24)36)23-7-3-4-8-25(23)31)33-22-11-13-35(14-12-22)28(37)16-19-9-10-20-5-1-2-6-21(20)15-19/h1-10,15,17-18,22,33H,11-14,16H2. The van der Waals surface area contributed by atoms with E-state index >= 15 is 0 Å². The summed E-state index contributed by atoms with van der Waals surface area (Å²) in [6, 6.07) is 24.4. The van der Waals surface area contributed by atoms with Crippen LogP contribution in [0.3, 0.4) is 0 Å². The number of benzene rings is 3. The number of carbonyl (C=O) groups excluding carboxylic acids is 1. The van der Waals surface area contributed by atoms with Gasteiger partial charge in [-0.05, 0) is 51.2 Å². The van der Waals surface area contributed by atoms with Crippen LogP contribution in [-0.2, 0) is 11.2 Å². The van der Waals surface area contributed by atoms with Crippen LogP contribution >= 0.6 is 27.5 Å². The molecule has 1 aliphatic heterocycles. The molecule has 0 bridgehead atoms. The van der Waals surface area contributed by atoms with E-state index in [0.717, 1.165) is 58.7 Å². The number of nitrogens with one attached hydrogen (secondary N) is 1. The molecule has 0 spiro atoms. The topological polar surface area (TPSA) is 62.5 Å². The maximum atomic E-state index is 13.0. The number of amides is 1. The van der Waals surface area contributed by atoms with Crippen molar-refractivity contribution in [1.82, 2.24) is 19.5 Å². The van der Waals surface area contributed by atoms with E-state index < -0.39 is 0 Å². The Morgan fingerprint density at radius 3 is 2.57 bits per heavy atom. The fraction of sp³-hybridized carbons (Fsp3) is 0.207. The van der Waals surface area contributed by atoms with E-state index in [1.54, 1.807) is 6.20 Å². The van der Waals surface area contributed by atoms with Crippen LogP contribution in [-0.4, -0.2) is 44.5 Å². The summed E-state index contributed by atoms with van der Waals surface area (Å²) in [6.07, 6.45) is 3.89. The normalized spacial score (nSPS) is 14.4. The molecule has 0 aliphatic carbocycles. The second-order valence-electron chi connectivity index (χ2n) is 9.39. The minimum absolute atomic E-state index is 0.178. The Hall–Kier alpha value is -3.42. The quantitative estimate of drug-likeness (QED) is 0.257. The third kappa shape index (κ3) is 4.93. The lowest BCUT2D eigenvalue weighted by Gasteiger charge is -2.33. The van der Waals surface area contributed by atoms with Crippen molar-refractivity contribution in [2.24, 2.45) is 0 Å². The highest BCUT2D eigenvalue weighted by atomic mass is 79.9. The first-order valence-corrected chi connectivity index (χ1v) is 13.5. The highest BCUT2D eigenvalue weighted by molar-refractivity contribution is 9.10. The second-order valence-corrected chi connectivity index (χ2v) is 10.7. The Labute approximate surface area is 228 Å². The first kappa shape index (κ1) is 23.9. The lowest BCUT2D eigenvalue weighted by molar-refractivity contribution is -0.131. The average Bonchev–Trinajstić information content (AvgIpc) is 3.30. The van der Waals surface area contributed by atoms with Crippen LogP contribution in [0.25, 0.3) is 27.7 Å². The fourth-order valence-electron chi connectivity index (χ4n) is 4.96. The fourth-order valence-corrected chi connectivity index (χ4v) is 5.54. The molecule has 6 nitrogen and oxygen atoms in total. The van der Waals surface area contributed by atoms with Gasteiger partial charge in [-0.3, -0.25) is 4.79 Å². The summed E-state index contributed by atoms with van der Waals surface area (Å²) in [5.41, 5.74) is 3.43. The number of halogens is 2. The first-order chi connectivity index (χ1) is 18.0. The van der Waals surface area contributed by atoms with Gasteiger partial charge >= 0.3 is 0 Å². The van der Waals surface area contributed by atoms with Gasteiger partial charge in [-0.25, -0.2) is 4.98 Å². The smallest absolute Gasteiger partial charge is 0.226 e. The summed E-state index contributed by atoms with van der Waals surface area (Å²) in [6.45, 7) is 1.44. The molecule has 8 heteroatoms. The van der Waals surface area contributed by atoms with E-state index in [1.807, 2.05) is 51.9 Å². The molecule has 1 amide bonds. The van der Waals surface area contributed by atoms with Gasteiger partial charge in [0.25, 0.3) is 0 Å². The van der Waals surface area contributed by atoms with Crippen molar-refractivity contribution in [1.29, 1.82) is 0 Å². The lowest BCUT2D eigenvalue weighted by atomic mass is 10.0. The number of carbonyl (C=O) groups is 1. The van der Waals surface area contributed by atoms with Gasteiger partial charge in [-0.2, -0.15) is 9.61 Å². The summed E-state index contributed by atoms with van der Waals surface area (Å²) < 4.78 is 2.63. The summed E-state index contributed by atoms with van der Waals surface area (Å²) >= 11 is 10.0. The van der Waals surface area contributed by atoms with Gasteiger partial charge in [0.2, 0.25) is 5.91 Å². The zero-order valence-electron chi connectivity index (χ0n) is 20.1. The van der Waals surface area contributed by atoms with Gasteiger partial charge in [-0.15, -0.1) is 0 Å². The second kappa shape index (κ2) is 10.1. The monoisotopic (exact) mass is 573 g/mol. The molecule has 0 radical (unpaired) electrons. The molecule has 3 heterocycles.